The van der Waals surface area contributed by atoms with Crippen molar-refractivity contribution in [2.45, 2.75) is 13.3 Å². The Morgan fingerprint density at radius 1 is 1.23 bits per heavy atom. The van der Waals surface area contributed by atoms with Crippen LogP contribution < -0.4 is 0 Å². The number of carbonyl (C=O) groups is 1. The average molecular weight is 350 g/mol. The van der Waals surface area contributed by atoms with Gasteiger partial charge in [0.05, 0.1) is 12.7 Å². The second kappa shape index (κ2) is 7.78. The second-order valence-corrected chi connectivity index (χ2v) is 5.90. The highest BCUT2D eigenvalue weighted by Gasteiger charge is 2.13. The van der Waals surface area contributed by atoms with E-state index in [1.807, 2.05) is 37.4 Å². The monoisotopic (exact) mass is 350 g/mol. The van der Waals surface area contributed by atoms with Crippen LogP contribution in [-0.4, -0.2) is 23.0 Å². The van der Waals surface area contributed by atoms with Crippen molar-refractivity contribution in [3.63, 3.8) is 0 Å². The van der Waals surface area contributed by atoms with Gasteiger partial charge >= 0.3 is 5.97 Å². The molecule has 0 fully saturated rings. The predicted molar refractivity (Wildman–Crippen MR) is 99.2 cm³/mol. The summed E-state index contributed by atoms with van der Waals surface area (Å²) in [5.74, 6) is 0.140. The third kappa shape index (κ3) is 4.06. The molecule has 0 atom stereocenters. The fraction of sp³-hybridized carbons (Fsp3) is 0.143. The molecule has 0 saturated carbocycles. The molecule has 0 amide bonds. The maximum Gasteiger partial charge on any atom is 0.338 e. The molecule has 3 aromatic rings. The molecule has 0 aliphatic heterocycles. The first kappa shape index (κ1) is 17.6. The Labute approximate surface area is 151 Å². The van der Waals surface area contributed by atoms with Crippen LogP contribution in [0.3, 0.4) is 0 Å². The van der Waals surface area contributed by atoms with E-state index in [1.54, 1.807) is 18.2 Å². The number of halogens is 1. The van der Waals surface area contributed by atoms with Gasteiger partial charge in [-0.15, -0.1) is 0 Å². The van der Waals surface area contributed by atoms with Gasteiger partial charge in [-0.05, 0) is 47.9 Å². The number of esters is 1. The lowest BCUT2D eigenvalue weighted by molar-refractivity contribution is 0.0601. The van der Waals surface area contributed by atoms with Gasteiger partial charge in [-0.25, -0.2) is 14.2 Å². The van der Waals surface area contributed by atoms with E-state index in [1.165, 1.54) is 19.2 Å². The smallest absolute Gasteiger partial charge is 0.338 e. The summed E-state index contributed by atoms with van der Waals surface area (Å²) < 4.78 is 18.1. The Balaban J connectivity index is 1.91. The molecule has 0 unspecified atom stereocenters. The van der Waals surface area contributed by atoms with Crippen molar-refractivity contribution in [3.05, 3.63) is 83.2 Å². The van der Waals surface area contributed by atoms with Gasteiger partial charge in [0, 0.05) is 18.3 Å². The fourth-order valence-electron chi connectivity index (χ4n) is 2.72. The first-order valence-electron chi connectivity index (χ1n) is 8.22. The van der Waals surface area contributed by atoms with Crippen molar-refractivity contribution in [2.24, 2.45) is 0 Å². The molecule has 0 radical (unpaired) electrons. The number of methoxy groups -OCH3 is 1. The maximum absolute atomic E-state index is 13.2. The van der Waals surface area contributed by atoms with Crippen LogP contribution in [0.4, 0.5) is 4.39 Å². The van der Waals surface area contributed by atoms with Gasteiger partial charge in [0.25, 0.3) is 0 Å². The number of aromatic amines is 1. The average Bonchev–Trinajstić information content (AvgIpc) is 3.07. The number of benzene rings is 2. The third-order valence-electron chi connectivity index (χ3n) is 4.01. The number of aryl methyl sites for hydroxylation is 1. The van der Waals surface area contributed by atoms with Gasteiger partial charge in [-0.1, -0.05) is 30.4 Å². The SMILES string of the molecule is COC(=O)c1ccc(C=CCc2cnc(C)[nH]2)cc1-c1ccc(F)cc1. The van der Waals surface area contributed by atoms with E-state index in [0.717, 1.165) is 29.1 Å². The first-order chi connectivity index (χ1) is 12.6. The van der Waals surface area contributed by atoms with Crippen LogP contribution in [0, 0.1) is 12.7 Å². The summed E-state index contributed by atoms with van der Waals surface area (Å²) in [5.41, 5.74) is 3.87. The molecule has 5 heteroatoms. The van der Waals surface area contributed by atoms with Gasteiger partial charge in [-0.2, -0.15) is 0 Å². The number of ether oxygens (including phenoxy) is 1. The molecule has 0 aliphatic rings. The molecule has 1 aromatic heterocycles. The van der Waals surface area contributed by atoms with E-state index < -0.39 is 5.97 Å². The predicted octanol–water partition coefficient (Wildman–Crippen LogP) is 4.57. The number of H-pyrrole nitrogens is 1. The topological polar surface area (TPSA) is 55.0 Å². The molecule has 0 spiro atoms. The number of allylic oxidation sites excluding steroid dienone is 1. The summed E-state index contributed by atoms with van der Waals surface area (Å²) in [6.45, 7) is 1.91. The van der Waals surface area contributed by atoms with Crippen LogP contribution in [0.15, 0.2) is 54.7 Å². The third-order valence-corrected chi connectivity index (χ3v) is 4.01. The Kier molecular flexibility index (Phi) is 5.27. The van der Waals surface area contributed by atoms with Gasteiger partial charge < -0.3 is 9.72 Å². The van der Waals surface area contributed by atoms with Gasteiger partial charge in [0.2, 0.25) is 0 Å². The summed E-state index contributed by atoms with van der Waals surface area (Å²) in [6.07, 6.45) is 6.54. The normalized spacial score (nSPS) is 11.0. The van der Waals surface area contributed by atoms with Crippen LogP contribution >= 0.6 is 0 Å². The van der Waals surface area contributed by atoms with E-state index in [0.29, 0.717) is 11.1 Å². The van der Waals surface area contributed by atoms with Gasteiger partial charge in [0.1, 0.15) is 11.6 Å². The van der Waals surface area contributed by atoms with E-state index in [2.05, 4.69) is 9.97 Å². The van der Waals surface area contributed by atoms with Crippen molar-refractivity contribution >= 4 is 12.0 Å². The van der Waals surface area contributed by atoms with Crippen molar-refractivity contribution in [1.29, 1.82) is 0 Å². The molecule has 1 heterocycles. The number of hydrogen-bond acceptors (Lipinski definition) is 3. The molecule has 3 rings (SSSR count). The fourth-order valence-corrected chi connectivity index (χ4v) is 2.72. The van der Waals surface area contributed by atoms with E-state index >= 15 is 0 Å². The zero-order valence-electron chi connectivity index (χ0n) is 14.6. The lowest BCUT2D eigenvalue weighted by Crippen LogP contribution is -2.03. The summed E-state index contributed by atoms with van der Waals surface area (Å²) in [4.78, 5) is 19.4. The number of aromatic nitrogens is 2. The van der Waals surface area contributed by atoms with Crippen LogP contribution in [0.2, 0.25) is 0 Å². The molecule has 0 saturated heterocycles. The highest BCUT2D eigenvalue weighted by molar-refractivity contribution is 5.97. The van der Waals surface area contributed by atoms with Crippen molar-refractivity contribution in [1.82, 2.24) is 9.97 Å². The molecule has 26 heavy (non-hydrogen) atoms. The number of rotatable bonds is 5. The number of nitrogens with one attached hydrogen (secondary N) is 1. The molecular formula is C21H19FN2O2. The highest BCUT2D eigenvalue weighted by atomic mass is 19.1. The van der Waals surface area contributed by atoms with Crippen LogP contribution in [-0.2, 0) is 11.2 Å². The van der Waals surface area contributed by atoms with Crippen molar-refractivity contribution < 1.29 is 13.9 Å². The minimum absolute atomic E-state index is 0.320. The Morgan fingerprint density at radius 3 is 2.65 bits per heavy atom. The molecule has 1 N–H and O–H groups in total. The number of nitrogens with zero attached hydrogens (tertiary/aromatic N) is 1. The van der Waals surface area contributed by atoms with E-state index in [9.17, 15) is 9.18 Å². The molecule has 0 aliphatic carbocycles. The maximum atomic E-state index is 13.2. The lowest BCUT2D eigenvalue weighted by atomic mass is 9.97. The number of hydrogen-bond donors (Lipinski definition) is 1. The second-order valence-electron chi connectivity index (χ2n) is 5.90. The lowest BCUT2D eigenvalue weighted by Gasteiger charge is -2.09. The minimum Gasteiger partial charge on any atom is -0.465 e. The van der Waals surface area contributed by atoms with Crippen LogP contribution in [0.25, 0.3) is 17.2 Å². The van der Waals surface area contributed by atoms with Crippen molar-refractivity contribution in [3.8, 4) is 11.1 Å². The number of imidazole rings is 1. The summed E-state index contributed by atoms with van der Waals surface area (Å²) >= 11 is 0. The van der Waals surface area contributed by atoms with E-state index in [4.69, 9.17) is 4.74 Å². The van der Waals surface area contributed by atoms with Gasteiger partial charge in [0.15, 0.2) is 0 Å². The molecule has 2 aromatic carbocycles. The van der Waals surface area contributed by atoms with Crippen LogP contribution in [0.5, 0.6) is 0 Å². The summed E-state index contributed by atoms with van der Waals surface area (Å²) in [5, 5.41) is 0. The van der Waals surface area contributed by atoms with Crippen molar-refractivity contribution in [2.75, 3.05) is 7.11 Å². The summed E-state index contributed by atoms with van der Waals surface area (Å²) in [6, 6.07) is 11.5. The van der Waals surface area contributed by atoms with Crippen LogP contribution in [0.1, 0.15) is 27.4 Å². The Hall–Kier alpha value is -3.21. The molecule has 132 valence electrons. The van der Waals surface area contributed by atoms with Gasteiger partial charge in [-0.3, -0.25) is 0 Å². The Morgan fingerprint density at radius 2 is 2.00 bits per heavy atom. The summed E-state index contributed by atoms with van der Waals surface area (Å²) in [7, 11) is 1.34. The zero-order chi connectivity index (χ0) is 18.5. The minimum atomic E-state index is -0.423. The molecular weight excluding hydrogens is 331 g/mol. The number of carbonyl (C=O) groups excluding carboxylic acids is 1. The largest absolute Gasteiger partial charge is 0.465 e. The molecule has 0 bridgehead atoms. The molecule has 4 nitrogen and oxygen atoms in total. The first-order valence-corrected chi connectivity index (χ1v) is 8.22. The van der Waals surface area contributed by atoms with E-state index in [-0.39, 0.29) is 5.82 Å². The quantitative estimate of drug-likeness (QED) is 0.686. The zero-order valence-corrected chi connectivity index (χ0v) is 14.6. The standard InChI is InChI=1S/C21H19FN2O2/c1-14-23-13-18(24-14)5-3-4-15-6-11-19(21(25)26-2)20(12-15)16-7-9-17(22)10-8-16/h3-4,6-13H,5H2,1-2H3,(H,23,24). The Bertz CT molecular complexity index is 943. The highest BCUT2D eigenvalue weighted by Crippen LogP contribution is 2.26.